The van der Waals surface area contributed by atoms with Crippen LogP contribution in [0.3, 0.4) is 0 Å². The molecule has 0 spiro atoms. The Kier molecular flexibility index (Phi) is 8.56. The van der Waals surface area contributed by atoms with Gasteiger partial charge in [0.05, 0.1) is 18.0 Å². The van der Waals surface area contributed by atoms with E-state index in [1.54, 1.807) is 24.3 Å². The van der Waals surface area contributed by atoms with Crippen molar-refractivity contribution in [2.45, 2.75) is 31.3 Å². The lowest BCUT2D eigenvalue weighted by Crippen LogP contribution is -2.53. The largest absolute Gasteiger partial charge is 0.370 e. The molecule has 0 bridgehead atoms. The molecule has 0 aliphatic carbocycles. The standard InChI is InChI=1S/C30H28N4O4/c31-28(36)19-26(34-29(37)24-16-15-22-13-7-8-14-23(22)32-24)30(38)33-25(17-20-9-3-1-4-10-20)27(35)18-21-11-5-2-6-12-21/h1-16,25-26H,17-19H2,(H2,31,36)(H,33,38)(H,34,37)/t25-,26-/m0/s1. The number of nitrogens with zero attached hydrogens (tertiary/aromatic N) is 1. The topological polar surface area (TPSA) is 131 Å². The number of benzene rings is 3. The van der Waals surface area contributed by atoms with Gasteiger partial charge in [-0.2, -0.15) is 0 Å². The maximum atomic E-state index is 13.3. The number of carbonyl (C=O) groups is 4. The van der Waals surface area contributed by atoms with Gasteiger partial charge in [0.25, 0.3) is 5.91 Å². The molecule has 8 nitrogen and oxygen atoms in total. The Hall–Kier alpha value is -4.85. The number of amides is 3. The Labute approximate surface area is 220 Å². The van der Waals surface area contributed by atoms with E-state index in [-0.39, 0.29) is 24.3 Å². The summed E-state index contributed by atoms with van der Waals surface area (Å²) in [5.41, 5.74) is 7.76. The first kappa shape index (κ1) is 26.2. The first-order valence-corrected chi connectivity index (χ1v) is 12.2. The third kappa shape index (κ3) is 7.10. The van der Waals surface area contributed by atoms with E-state index in [0.717, 1.165) is 16.5 Å². The third-order valence-corrected chi connectivity index (χ3v) is 6.07. The van der Waals surface area contributed by atoms with Crippen molar-refractivity contribution >= 4 is 34.4 Å². The number of carbonyl (C=O) groups excluding carboxylic acids is 4. The number of pyridine rings is 1. The van der Waals surface area contributed by atoms with Crippen LogP contribution in [0.1, 0.15) is 28.0 Å². The lowest BCUT2D eigenvalue weighted by atomic mass is 9.97. The van der Waals surface area contributed by atoms with E-state index >= 15 is 0 Å². The molecule has 0 fully saturated rings. The molecular formula is C30H28N4O4. The van der Waals surface area contributed by atoms with Gasteiger partial charge in [0, 0.05) is 11.8 Å². The molecule has 4 N–H and O–H groups in total. The monoisotopic (exact) mass is 508 g/mol. The van der Waals surface area contributed by atoms with E-state index in [0.29, 0.717) is 5.52 Å². The second-order valence-electron chi connectivity index (χ2n) is 8.97. The van der Waals surface area contributed by atoms with Crippen LogP contribution >= 0.6 is 0 Å². The van der Waals surface area contributed by atoms with Gasteiger partial charge in [0.15, 0.2) is 5.78 Å². The van der Waals surface area contributed by atoms with Gasteiger partial charge in [-0.15, -0.1) is 0 Å². The zero-order valence-electron chi connectivity index (χ0n) is 20.7. The number of fused-ring (bicyclic) bond motifs is 1. The zero-order valence-corrected chi connectivity index (χ0v) is 20.7. The van der Waals surface area contributed by atoms with Crippen molar-refractivity contribution in [3.63, 3.8) is 0 Å². The quantitative estimate of drug-likeness (QED) is 0.287. The summed E-state index contributed by atoms with van der Waals surface area (Å²) in [6.45, 7) is 0. The van der Waals surface area contributed by atoms with Crippen LogP contribution in [0.4, 0.5) is 0 Å². The predicted molar refractivity (Wildman–Crippen MR) is 144 cm³/mol. The minimum absolute atomic E-state index is 0.0898. The molecule has 4 rings (SSSR count). The Bertz CT molecular complexity index is 1440. The van der Waals surface area contributed by atoms with E-state index in [9.17, 15) is 19.2 Å². The molecule has 1 heterocycles. The van der Waals surface area contributed by atoms with Crippen molar-refractivity contribution in [1.82, 2.24) is 15.6 Å². The number of primary amides is 1. The number of para-hydroxylation sites is 1. The van der Waals surface area contributed by atoms with E-state index in [4.69, 9.17) is 5.73 Å². The highest BCUT2D eigenvalue weighted by molar-refractivity contribution is 6.00. The SMILES string of the molecule is NC(=O)C[C@H](NC(=O)c1ccc2ccccc2n1)C(=O)N[C@@H](Cc1ccccc1)C(=O)Cc1ccccc1. The summed E-state index contributed by atoms with van der Waals surface area (Å²) in [5, 5.41) is 6.16. The summed E-state index contributed by atoms with van der Waals surface area (Å²) in [5.74, 6) is -2.28. The number of nitrogens with one attached hydrogen (secondary N) is 2. The Balaban J connectivity index is 1.52. The fraction of sp³-hybridized carbons (Fsp3) is 0.167. The van der Waals surface area contributed by atoms with E-state index in [1.165, 1.54) is 0 Å². The van der Waals surface area contributed by atoms with Crippen LogP contribution in [0.5, 0.6) is 0 Å². The van der Waals surface area contributed by atoms with E-state index in [2.05, 4.69) is 15.6 Å². The summed E-state index contributed by atoms with van der Waals surface area (Å²) < 4.78 is 0. The number of hydrogen-bond acceptors (Lipinski definition) is 5. The molecule has 0 saturated carbocycles. The number of hydrogen-bond donors (Lipinski definition) is 3. The Morgan fingerprint density at radius 1 is 0.711 bits per heavy atom. The molecule has 0 radical (unpaired) electrons. The highest BCUT2D eigenvalue weighted by atomic mass is 16.2. The number of rotatable bonds is 11. The van der Waals surface area contributed by atoms with E-state index in [1.807, 2.05) is 72.8 Å². The highest BCUT2D eigenvalue weighted by Gasteiger charge is 2.28. The summed E-state index contributed by atoms with van der Waals surface area (Å²) in [6.07, 6.45) is -0.0652. The molecule has 0 unspecified atom stereocenters. The molecule has 8 heteroatoms. The van der Waals surface area contributed by atoms with Gasteiger partial charge in [-0.05, 0) is 29.7 Å². The van der Waals surface area contributed by atoms with Crippen molar-refractivity contribution < 1.29 is 19.2 Å². The number of ketones is 1. The minimum Gasteiger partial charge on any atom is -0.370 e. The molecule has 0 saturated heterocycles. The van der Waals surface area contributed by atoms with Crippen LogP contribution in [-0.2, 0) is 27.2 Å². The average molecular weight is 509 g/mol. The molecular weight excluding hydrogens is 480 g/mol. The number of aromatic nitrogens is 1. The fourth-order valence-corrected chi connectivity index (χ4v) is 4.12. The molecule has 3 amide bonds. The van der Waals surface area contributed by atoms with Crippen molar-refractivity contribution in [1.29, 1.82) is 0 Å². The Morgan fingerprint density at radius 2 is 1.34 bits per heavy atom. The number of Topliss-reactive ketones (excluding diaryl/α,β-unsaturated/α-hetero) is 1. The van der Waals surface area contributed by atoms with Crippen LogP contribution in [0.25, 0.3) is 10.9 Å². The maximum Gasteiger partial charge on any atom is 0.270 e. The smallest absolute Gasteiger partial charge is 0.270 e. The van der Waals surface area contributed by atoms with Crippen molar-refractivity contribution in [2.75, 3.05) is 0 Å². The summed E-state index contributed by atoms with van der Waals surface area (Å²) >= 11 is 0. The second-order valence-corrected chi connectivity index (χ2v) is 8.97. The van der Waals surface area contributed by atoms with Crippen LogP contribution in [0, 0.1) is 0 Å². The van der Waals surface area contributed by atoms with Crippen molar-refractivity contribution in [2.24, 2.45) is 5.73 Å². The van der Waals surface area contributed by atoms with Gasteiger partial charge in [-0.1, -0.05) is 84.9 Å². The van der Waals surface area contributed by atoms with Crippen LogP contribution in [-0.4, -0.2) is 40.6 Å². The molecule has 2 atom stereocenters. The maximum absolute atomic E-state index is 13.3. The third-order valence-electron chi connectivity index (χ3n) is 6.07. The molecule has 38 heavy (non-hydrogen) atoms. The van der Waals surface area contributed by atoms with Crippen LogP contribution < -0.4 is 16.4 Å². The average Bonchev–Trinajstić information content (AvgIpc) is 2.92. The van der Waals surface area contributed by atoms with Crippen LogP contribution in [0.2, 0.25) is 0 Å². The lowest BCUT2D eigenvalue weighted by molar-refractivity contribution is -0.130. The van der Waals surface area contributed by atoms with Gasteiger partial charge < -0.3 is 16.4 Å². The van der Waals surface area contributed by atoms with E-state index < -0.39 is 36.2 Å². The molecule has 192 valence electrons. The summed E-state index contributed by atoms with van der Waals surface area (Å²) in [6, 6.07) is 26.9. The summed E-state index contributed by atoms with van der Waals surface area (Å²) in [4.78, 5) is 55.6. The normalized spacial score (nSPS) is 12.3. The molecule has 4 aromatic rings. The van der Waals surface area contributed by atoms with Gasteiger partial charge in [0.1, 0.15) is 11.7 Å². The van der Waals surface area contributed by atoms with Gasteiger partial charge in [-0.3, -0.25) is 19.2 Å². The molecule has 0 aliphatic heterocycles. The zero-order chi connectivity index (χ0) is 26.9. The molecule has 0 aliphatic rings. The predicted octanol–water partition coefficient (Wildman–Crippen LogP) is 2.75. The fourth-order valence-electron chi connectivity index (χ4n) is 4.12. The van der Waals surface area contributed by atoms with Gasteiger partial charge >= 0.3 is 0 Å². The Morgan fingerprint density at radius 3 is 2.03 bits per heavy atom. The first-order valence-electron chi connectivity index (χ1n) is 12.2. The van der Waals surface area contributed by atoms with Crippen molar-refractivity contribution in [3.8, 4) is 0 Å². The van der Waals surface area contributed by atoms with Gasteiger partial charge in [-0.25, -0.2) is 4.98 Å². The summed E-state index contributed by atoms with van der Waals surface area (Å²) in [7, 11) is 0. The molecule has 3 aromatic carbocycles. The number of nitrogens with two attached hydrogens (primary N) is 1. The van der Waals surface area contributed by atoms with Gasteiger partial charge in [0.2, 0.25) is 11.8 Å². The van der Waals surface area contributed by atoms with Crippen molar-refractivity contribution in [3.05, 3.63) is 114 Å². The lowest BCUT2D eigenvalue weighted by Gasteiger charge is -2.22. The first-order chi connectivity index (χ1) is 18.4. The van der Waals surface area contributed by atoms with Crippen LogP contribution in [0.15, 0.2) is 97.1 Å². The minimum atomic E-state index is -1.28. The second kappa shape index (κ2) is 12.4. The highest BCUT2D eigenvalue weighted by Crippen LogP contribution is 2.13. The molecule has 1 aromatic heterocycles.